The lowest BCUT2D eigenvalue weighted by molar-refractivity contribution is 0.210. The summed E-state index contributed by atoms with van der Waals surface area (Å²) in [6, 6.07) is 0. The van der Waals surface area contributed by atoms with Gasteiger partial charge in [0.25, 0.3) is 0 Å². The Balaban J connectivity index is 5.46. The van der Waals surface area contributed by atoms with E-state index in [0.717, 1.165) is 0 Å². The highest BCUT2D eigenvalue weighted by Crippen LogP contribution is 2.54. The van der Waals surface area contributed by atoms with Crippen molar-refractivity contribution in [3.8, 4) is 0 Å². The van der Waals surface area contributed by atoms with Crippen LogP contribution in [-0.2, 0) is 26.5 Å². The lowest BCUT2D eigenvalue weighted by Gasteiger charge is -2.28. The summed E-state index contributed by atoms with van der Waals surface area (Å²) >= 11 is 0. The zero-order valence-electron chi connectivity index (χ0n) is 19.3. The number of hydrogen-bond acceptors (Lipinski definition) is 7. The third-order valence-electron chi connectivity index (χ3n) is 2.38. The van der Waals surface area contributed by atoms with Crippen molar-refractivity contribution in [1.82, 2.24) is 0 Å². The van der Waals surface area contributed by atoms with Gasteiger partial charge in [-0.15, -0.1) is 0 Å². The summed E-state index contributed by atoms with van der Waals surface area (Å²) in [4.78, 5) is 0. The van der Waals surface area contributed by atoms with Gasteiger partial charge >= 0.3 is 7.82 Å². The maximum atomic E-state index is 13.2. The first-order valence-corrected chi connectivity index (χ1v) is 24.3. The average molecular weight is 474 g/mol. The van der Waals surface area contributed by atoms with E-state index in [1.807, 2.05) is 39.3 Å². The summed E-state index contributed by atoms with van der Waals surface area (Å²) in [6.45, 7) is 24.7. The molecule has 0 amide bonds. The van der Waals surface area contributed by atoms with Gasteiger partial charge in [-0.1, -0.05) is 5.16 Å². The fraction of sp³-hybridized carbons (Fsp3) is 0.933. The van der Waals surface area contributed by atoms with Crippen LogP contribution in [0.15, 0.2) is 5.16 Å². The lowest BCUT2D eigenvalue weighted by Crippen LogP contribution is -2.34. The Bertz CT molecular complexity index is 506. The molecule has 0 aliphatic heterocycles. The molecule has 27 heavy (non-hydrogen) atoms. The van der Waals surface area contributed by atoms with E-state index >= 15 is 0 Å². The summed E-state index contributed by atoms with van der Waals surface area (Å²) in [6.07, 6.45) is 0. The van der Waals surface area contributed by atoms with E-state index in [1.54, 1.807) is 0 Å². The van der Waals surface area contributed by atoms with E-state index in [1.165, 1.54) is 0 Å². The van der Waals surface area contributed by atoms with Gasteiger partial charge in [-0.05, 0) is 78.6 Å². The summed E-state index contributed by atoms with van der Waals surface area (Å²) in [5, 5.41) is 4.11. The standard InChI is InChI=1S/C15H40NO6PSi4/c1-24(2,3)18-13-15(14-19-25(4,5)6)16-20-23(17,21-26(7,8)9)22-27(10,11)12/h13-14H2,1-12H3. The third-order valence-corrected chi connectivity index (χ3v) is 10.9. The van der Waals surface area contributed by atoms with Gasteiger partial charge in [0, 0.05) is 0 Å². The summed E-state index contributed by atoms with van der Waals surface area (Å²) in [5.74, 6) is 0. The highest BCUT2D eigenvalue weighted by atomic mass is 31.2. The van der Waals surface area contributed by atoms with Crippen LogP contribution in [0.5, 0.6) is 0 Å². The Morgan fingerprint density at radius 3 is 1.26 bits per heavy atom. The van der Waals surface area contributed by atoms with E-state index in [4.69, 9.17) is 21.9 Å². The van der Waals surface area contributed by atoms with Gasteiger partial charge < -0.3 is 17.3 Å². The van der Waals surface area contributed by atoms with Crippen molar-refractivity contribution >= 4 is 46.8 Å². The van der Waals surface area contributed by atoms with Crippen molar-refractivity contribution < 1.29 is 26.5 Å². The first-order valence-electron chi connectivity index (χ1n) is 9.24. The van der Waals surface area contributed by atoms with Gasteiger partial charge in [0.05, 0.1) is 13.2 Å². The Hall–Kier alpha value is 0.408. The first kappa shape index (κ1) is 27.4. The second-order valence-corrected chi connectivity index (χ2v) is 30.4. The minimum Gasteiger partial charge on any atom is -0.412 e. The molecule has 0 rings (SSSR count). The van der Waals surface area contributed by atoms with Crippen molar-refractivity contribution in [3.05, 3.63) is 0 Å². The highest BCUT2D eigenvalue weighted by Gasteiger charge is 2.40. The molecule has 0 aliphatic carbocycles. The number of hydrogen-bond donors (Lipinski definition) is 0. The average Bonchev–Trinajstić information content (AvgIpc) is 2.30. The van der Waals surface area contributed by atoms with Crippen molar-refractivity contribution in [2.75, 3.05) is 13.2 Å². The second-order valence-electron chi connectivity index (χ2n) is 10.4. The SMILES string of the molecule is C[Si](C)(C)OCC(CO[Si](C)(C)C)=NOP(=O)(O[Si](C)(C)C)O[Si](C)(C)C. The van der Waals surface area contributed by atoms with E-state index in [0.29, 0.717) is 5.71 Å². The van der Waals surface area contributed by atoms with Gasteiger partial charge in [-0.3, -0.25) is 4.62 Å². The Labute approximate surface area is 170 Å². The van der Waals surface area contributed by atoms with Gasteiger partial charge in [0.1, 0.15) is 5.71 Å². The topological polar surface area (TPSA) is 75.6 Å². The molecule has 0 N–H and O–H groups in total. The smallest absolute Gasteiger partial charge is 0.412 e. The van der Waals surface area contributed by atoms with Gasteiger partial charge in [0.2, 0.25) is 0 Å². The van der Waals surface area contributed by atoms with Crippen LogP contribution in [0.1, 0.15) is 0 Å². The molecule has 12 heteroatoms. The van der Waals surface area contributed by atoms with E-state index in [2.05, 4.69) is 44.4 Å². The summed E-state index contributed by atoms with van der Waals surface area (Å²) in [5.41, 5.74) is 0.554. The molecule has 0 unspecified atom stereocenters. The molecule has 0 spiro atoms. The predicted octanol–water partition coefficient (Wildman–Crippen LogP) is 5.87. The molecule has 0 radical (unpaired) electrons. The van der Waals surface area contributed by atoms with Crippen molar-refractivity contribution in [2.45, 2.75) is 78.6 Å². The van der Waals surface area contributed by atoms with Crippen LogP contribution in [0.2, 0.25) is 78.6 Å². The lowest BCUT2D eigenvalue weighted by atomic mass is 10.4. The fourth-order valence-corrected chi connectivity index (χ4v) is 9.06. The molecule has 0 aromatic carbocycles. The molecule has 162 valence electrons. The molecule has 0 saturated carbocycles. The van der Waals surface area contributed by atoms with Crippen LogP contribution in [0.25, 0.3) is 0 Å². The van der Waals surface area contributed by atoms with Crippen LogP contribution < -0.4 is 0 Å². The molecule has 0 aliphatic rings. The quantitative estimate of drug-likeness (QED) is 0.153. The maximum Gasteiger partial charge on any atom is 0.530 e. The monoisotopic (exact) mass is 473 g/mol. The predicted molar refractivity (Wildman–Crippen MR) is 124 cm³/mol. The third kappa shape index (κ3) is 17.0. The summed E-state index contributed by atoms with van der Waals surface area (Å²) in [7, 11) is -11.6. The Kier molecular flexibility index (Phi) is 10.1. The fourth-order valence-electron chi connectivity index (χ4n) is 1.52. The molecular formula is C15H40NO6PSi4. The minimum absolute atomic E-state index is 0.278. The van der Waals surface area contributed by atoms with Crippen molar-refractivity contribution in [2.24, 2.45) is 5.16 Å². The van der Waals surface area contributed by atoms with E-state index < -0.39 is 41.1 Å². The minimum atomic E-state index is -3.80. The molecule has 0 fully saturated rings. The highest BCUT2D eigenvalue weighted by molar-refractivity contribution is 7.52. The van der Waals surface area contributed by atoms with Crippen LogP contribution >= 0.6 is 7.82 Å². The van der Waals surface area contributed by atoms with Crippen LogP contribution in [-0.4, -0.2) is 52.2 Å². The normalized spacial score (nSPS) is 14.2. The van der Waals surface area contributed by atoms with E-state index in [-0.39, 0.29) is 13.2 Å². The van der Waals surface area contributed by atoms with Gasteiger partial charge in [-0.2, -0.15) is 0 Å². The number of oxime groups is 1. The molecule has 0 heterocycles. The zero-order chi connectivity index (χ0) is 21.7. The summed E-state index contributed by atoms with van der Waals surface area (Å²) < 4.78 is 42.0. The van der Waals surface area contributed by atoms with Gasteiger partial charge in [0.15, 0.2) is 33.3 Å². The van der Waals surface area contributed by atoms with Crippen LogP contribution in [0.3, 0.4) is 0 Å². The first-order chi connectivity index (χ1) is 11.7. The molecule has 0 aromatic heterocycles. The second kappa shape index (κ2) is 9.94. The molecule has 0 atom stereocenters. The largest absolute Gasteiger partial charge is 0.530 e. The van der Waals surface area contributed by atoms with E-state index in [9.17, 15) is 4.57 Å². The molecule has 0 bridgehead atoms. The molecule has 0 saturated heterocycles. The molecular weight excluding hydrogens is 433 g/mol. The van der Waals surface area contributed by atoms with Gasteiger partial charge in [-0.25, -0.2) is 4.57 Å². The Morgan fingerprint density at radius 1 is 0.667 bits per heavy atom. The molecule has 0 aromatic rings. The van der Waals surface area contributed by atoms with Crippen molar-refractivity contribution in [1.29, 1.82) is 0 Å². The van der Waals surface area contributed by atoms with Crippen LogP contribution in [0, 0.1) is 0 Å². The van der Waals surface area contributed by atoms with Crippen molar-refractivity contribution in [3.63, 3.8) is 0 Å². The van der Waals surface area contributed by atoms with Crippen LogP contribution in [0.4, 0.5) is 0 Å². The maximum absolute atomic E-state index is 13.2. The molecule has 7 nitrogen and oxygen atoms in total. The zero-order valence-corrected chi connectivity index (χ0v) is 24.2. The number of rotatable bonds is 12. The number of phosphoric acid groups is 1. The number of nitrogens with zero attached hydrogens (tertiary/aromatic N) is 1. The Morgan fingerprint density at radius 2 is 1.00 bits per heavy atom.